The molecule has 2 aromatic carbocycles. The lowest BCUT2D eigenvalue weighted by atomic mass is 9.97. The third-order valence-corrected chi connectivity index (χ3v) is 8.39. The SMILES string of the molecule is C[C@H]1Oc2c(nc(OCC3CCCN3C)nc2N2CCN(C(=O)CF)CC2)OC1c1cccc2cccc(Cl)c12. The topological polar surface area (TPSA) is 80.3 Å². The van der Waals surface area contributed by atoms with Gasteiger partial charge in [-0.15, -0.1) is 0 Å². The Bertz CT molecular complexity index is 1400. The van der Waals surface area contributed by atoms with Crippen LogP contribution in [0, 0.1) is 0 Å². The number of carbonyl (C=O) groups excluding carboxylic acids is 1. The molecule has 2 saturated heterocycles. The summed E-state index contributed by atoms with van der Waals surface area (Å²) in [4.78, 5) is 27.1. The van der Waals surface area contributed by atoms with Gasteiger partial charge in [0.2, 0.25) is 5.75 Å². The van der Waals surface area contributed by atoms with E-state index in [4.69, 9.17) is 30.8 Å². The first kappa shape index (κ1) is 26.8. The highest BCUT2D eigenvalue weighted by Crippen LogP contribution is 2.46. The second-order valence-electron chi connectivity index (χ2n) is 10.6. The summed E-state index contributed by atoms with van der Waals surface area (Å²) in [7, 11) is 2.09. The molecule has 6 rings (SSSR count). The highest BCUT2D eigenvalue weighted by atomic mass is 35.5. The minimum absolute atomic E-state index is 0.212. The van der Waals surface area contributed by atoms with Gasteiger partial charge in [-0.2, -0.15) is 9.97 Å². The Hall–Kier alpha value is -3.37. The van der Waals surface area contributed by atoms with E-state index in [1.807, 2.05) is 48.2 Å². The average molecular weight is 570 g/mol. The molecule has 212 valence electrons. The Kier molecular flexibility index (Phi) is 7.55. The van der Waals surface area contributed by atoms with Crippen LogP contribution in [0.1, 0.15) is 31.4 Å². The Labute approximate surface area is 237 Å². The number of hydrogen-bond acceptors (Lipinski definition) is 8. The number of ether oxygens (including phenoxy) is 3. The van der Waals surface area contributed by atoms with Crippen molar-refractivity contribution in [3.63, 3.8) is 0 Å². The molecule has 0 radical (unpaired) electrons. The summed E-state index contributed by atoms with van der Waals surface area (Å²) in [5, 5.41) is 2.57. The van der Waals surface area contributed by atoms with Crippen molar-refractivity contribution in [3.05, 3.63) is 47.0 Å². The van der Waals surface area contributed by atoms with Gasteiger partial charge in [0.25, 0.3) is 11.8 Å². The van der Waals surface area contributed by atoms with Crippen LogP contribution in [-0.2, 0) is 4.79 Å². The van der Waals surface area contributed by atoms with Gasteiger partial charge in [0.1, 0.15) is 12.7 Å². The number of alkyl halides is 1. The number of amides is 1. The van der Waals surface area contributed by atoms with Crippen LogP contribution in [0.3, 0.4) is 0 Å². The highest BCUT2D eigenvalue weighted by molar-refractivity contribution is 6.35. The number of likely N-dealkylation sites (N-methyl/N-ethyl adjacent to an activating group) is 1. The number of likely N-dealkylation sites (tertiary alicyclic amines) is 1. The molecule has 4 heterocycles. The van der Waals surface area contributed by atoms with Crippen LogP contribution in [0.15, 0.2) is 36.4 Å². The molecule has 3 aliphatic rings. The third kappa shape index (κ3) is 5.10. The third-order valence-electron chi connectivity index (χ3n) is 8.08. The number of piperazine rings is 1. The lowest BCUT2D eigenvalue weighted by Gasteiger charge is -2.38. The van der Waals surface area contributed by atoms with Gasteiger partial charge >= 0.3 is 6.01 Å². The molecule has 9 nitrogen and oxygen atoms in total. The number of fused-ring (bicyclic) bond motifs is 2. The molecule has 3 aromatic rings. The van der Waals surface area contributed by atoms with Crippen molar-refractivity contribution in [2.75, 3.05) is 58.0 Å². The summed E-state index contributed by atoms with van der Waals surface area (Å²) in [6, 6.07) is 12.3. The molecule has 2 unspecified atom stereocenters. The lowest BCUT2D eigenvalue weighted by Crippen LogP contribution is -2.49. The first-order valence-electron chi connectivity index (χ1n) is 13.8. The quantitative estimate of drug-likeness (QED) is 0.435. The highest BCUT2D eigenvalue weighted by Gasteiger charge is 2.37. The molecule has 0 aliphatic carbocycles. The van der Waals surface area contributed by atoms with E-state index in [1.54, 1.807) is 0 Å². The minimum atomic E-state index is -0.995. The van der Waals surface area contributed by atoms with Crippen molar-refractivity contribution in [2.45, 2.75) is 38.0 Å². The van der Waals surface area contributed by atoms with Crippen LogP contribution in [-0.4, -0.2) is 90.9 Å². The normalized spacial score (nSPS) is 23.1. The summed E-state index contributed by atoms with van der Waals surface area (Å²) < 4.78 is 32.1. The van der Waals surface area contributed by atoms with Gasteiger partial charge in [0, 0.05) is 48.2 Å². The molecule has 1 amide bonds. The Morgan fingerprint density at radius 1 is 1.10 bits per heavy atom. The van der Waals surface area contributed by atoms with Gasteiger partial charge in [0.05, 0.1) is 0 Å². The van der Waals surface area contributed by atoms with Gasteiger partial charge < -0.3 is 28.9 Å². The summed E-state index contributed by atoms with van der Waals surface area (Å²) in [6.45, 7) is 4.18. The molecule has 0 spiro atoms. The Balaban J connectivity index is 1.34. The number of hydrogen-bond donors (Lipinski definition) is 0. The number of carbonyl (C=O) groups is 1. The van der Waals surface area contributed by atoms with E-state index < -0.39 is 18.7 Å². The Morgan fingerprint density at radius 3 is 2.60 bits per heavy atom. The van der Waals surface area contributed by atoms with Crippen molar-refractivity contribution in [2.24, 2.45) is 0 Å². The molecule has 0 N–H and O–H groups in total. The van der Waals surface area contributed by atoms with Crippen molar-refractivity contribution in [1.82, 2.24) is 19.8 Å². The Morgan fingerprint density at radius 2 is 1.88 bits per heavy atom. The predicted molar refractivity (Wildman–Crippen MR) is 150 cm³/mol. The van der Waals surface area contributed by atoms with Crippen LogP contribution < -0.4 is 19.1 Å². The van der Waals surface area contributed by atoms with Crippen molar-refractivity contribution < 1.29 is 23.4 Å². The monoisotopic (exact) mass is 569 g/mol. The smallest absolute Gasteiger partial charge is 0.322 e. The van der Waals surface area contributed by atoms with Gasteiger partial charge in [-0.25, -0.2) is 4.39 Å². The van der Waals surface area contributed by atoms with Crippen molar-refractivity contribution in [3.8, 4) is 17.6 Å². The lowest BCUT2D eigenvalue weighted by molar-refractivity contribution is -0.132. The van der Waals surface area contributed by atoms with Gasteiger partial charge in [-0.05, 0) is 44.8 Å². The van der Waals surface area contributed by atoms with E-state index in [-0.39, 0.29) is 12.1 Å². The molecule has 0 bridgehead atoms. The van der Waals surface area contributed by atoms with Crippen LogP contribution in [0.2, 0.25) is 5.02 Å². The van der Waals surface area contributed by atoms with Crippen LogP contribution in [0.25, 0.3) is 10.8 Å². The van der Waals surface area contributed by atoms with E-state index in [9.17, 15) is 9.18 Å². The zero-order chi connectivity index (χ0) is 27.8. The van der Waals surface area contributed by atoms with E-state index in [2.05, 4.69) is 16.9 Å². The maximum atomic E-state index is 13.0. The average Bonchev–Trinajstić information content (AvgIpc) is 3.39. The molecule has 11 heteroatoms. The second-order valence-corrected chi connectivity index (χ2v) is 11.0. The number of halogens is 2. The van der Waals surface area contributed by atoms with E-state index in [1.165, 1.54) is 4.90 Å². The maximum absolute atomic E-state index is 13.0. The fourth-order valence-electron chi connectivity index (χ4n) is 5.81. The number of rotatable bonds is 6. The molecule has 0 saturated carbocycles. The second kappa shape index (κ2) is 11.2. The molecular formula is C29H33ClFN5O4. The summed E-state index contributed by atoms with van der Waals surface area (Å²) in [5.41, 5.74) is 0.912. The maximum Gasteiger partial charge on any atom is 0.322 e. The molecular weight excluding hydrogens is 537 g/mol. The van der Waals surface area contributed by atoms with Gasteiger partial charge in [0.15, 0.2) is 18.6 Å². The standard InChI is InChI=1S/C29H33ClFN5O4/c1-18-25(21-9-3-6-19-7-4-10-22(30)24(19)21)40-28-26(39-18)27(36-14-12-35(13-15-36)23(37)16-31)32-29(33-28)38-17-20-8-5-11-34(20)2/h3-4,6-7,9-10,18,20,25H,5,8,11-17H2,1-2H3/t18-,20?,25?/m1/s1. The van der Waals surface area contributed by atoms with E-state index >= 15 is 0 Å². The van der Waals surface area contributed by atoms with Crippen LogP contribution in [0.5, 0.6) is 17.6 Å². The van der Waals surface area contributed by atoms with Crippen molar-refractivity contribution in [1.29, 1.82) is 0 Å². The number of benzene rings is 2. The zero-order valence-corrected chi connectivity index (χ0v) is 23.4. The number of aromatic nitrogens is 2. The van der Waals surface area contributed by atoms with Crippen LogP contribution >= 0.6 is 11.6 Å². The summed E-state index contributed by atoms with van der Waals surface area (Å²) in [5.74, 6) is 0.784. The molecule has 3 atom stereocenters. The predicted octanol–water partition coefficient (Wildman–Crippen LogP) is 4.28. The first-order valence-corrected chi connectivity index (χ1v) is 14.1. The fraction of sp³-hybridized carbons (Fsp3) is 0.483. The van der Waals surface area contributed by atoms with Crippen LogP contribution in [0.4, 0.5) is 10.2 Å². The molecule has 40 heavy (non-hydrogen) atoms. The number of nitrogens with zero attached hydrogens (tertiary/aromatic N) is 5. The molecule has 2 fully saturated rings. The van der Waals surface area contributed by atoms with Gasteiger partial charge in [-0.1, -0.05) is 41.9 Å². The van der Waals surface area contributed by atoms with E-state index in [0.29, 0.717) is 61.3 Å². The van der Waals surface area contributed by atoms with Gasteiger partial charge in [-0.3, -0.25) is 4.79 Å². The summed E-state index contributed by atoms with van der Waals surface area (Å²) in [6.07, 6.45) is 1.35. The first-order chi connectivity index (χ1) is 19.4. The molecule has 1 aromatic heterocycles. The summed E-state index contributed by atoms with van der Waals surface area (Å²) >= 11 is 6.64. The minimum Gasteiger partial charge on any atom is -0.478 e. The zero-order valence-electron chi connectivity index (χ0n) is 22.7. The van der Waals surface area contributed by atoms with Crippen molar-refractivity contribution >= 4 is 34.1 Å². The number of anilines is 1. The largest absolute Gasteiger partial charge is 0.478 e. The fourth-order valence-corrected chi connectivity index (χ4v) is 6.11. The molecule has 3 aliphatic heterocycles. The van der Waals surface area contributed by atoms with E-state index in [0.717, 1.165) is 35.7 Å².